The van der Waals surface area contributed by atoms with Gasteiger partial charge < -0.3 is 34.2 Å². The predicted octanol–water partition coefficient (Wildman–Crippen LogP) is 2.90. The Bertz CT molecular complexity index is 970. The Balaban J connectivity index is 0.00000385. The minimum atomic E-state index is -0.407. The molecule has 33 heavy (non-hydrogen) atoms. The molecule has 0 aliphatic carbocycles. The number of carbonyl (C=O) groups excluding carboxylic acids is 1. The number of hydrogen-bond donors (Lipinski definition) is 1. The molecule has 0 saturated heterocycles. The van der Waals surface area contributed by atoms with Gasteiger partial charge in [0.05, 0.1) is 19.6 Å². The van der Waals surface area contributed by atoms with Crippen LogP contribution in [-0.4, -0.2) is 36.7 Å². The number of hydrogen-bond acceptors (Lipinski definition) is 1. The van der Waals surface area contributed by atoms with Crippen LogP contribution in [0.4, 0.5) is 10.5 Å². The number of rotatable bonds is 11. The van der Waals surface area contributed by atoms with E-state index < -0.39 is 6.03 Å². The van der Waals surface area contributed by atoms with Gasteiger partial charge in [-0.15, -0.1) is 0 Å². The summed E-state index contributed by atoms with van der Waals surface area (Å²) in [5.41, 5.74) is 9.17. The molecule has 0 aliphatic heterocycles. The van der Waals surface area contributed by atoms with Gasteiger partial charge in [0.15, 0.2) is 0 Å². The number of halogens is 2. The van der Waals surface area contributed by atoms with E-state index in [4.69, 9.17) is 17.3 Å². The molecule has 3 aromatic carbocycles. The lowest BCUT2D eigenvalue weighted by molar-refractivity contribution is -0.939. The normalized spacial score (nSPS) is 12.4. The second-order valence-corrected chi connectivity index (χ2v) is 8.74. The van der Waals surface area contributed by atoms with Gasteiger partial charge in [-0.1, -0.05) is 72.3 Å². The first-order chi connectivity index (χ1) is 15.5. The van der Waals surface area contributed by atoms with Gasteiger partial charge in [0.25, 0.3) is 0 Å². The molecule has 3 rings (SSSR count). The molecule has 0 radical (unpaired) electrons. The van der Waals surface area contributed by atoms with Crippen LogP contribution in [0.3, 0.4) is 0 Å². The molecule has 3 aromatic rings. The summed E-state index contributed by atoms with van der Waals surface area (Å²) in [6, 6.07) is 28.0. The minimum Gasteiger partial charge on any atom is -1.00 e. The van der Waals surface area contributed by atoms with Crippen LogP contribution in [0.2, 0.25) is 5.02 Å². The van der Waals surface area contributed by atoms with Crippen molar-refractivity contribution in [3.63, 3.8) is 0 Å². The zero-order valence-corrected chi connectivity index (χ0v) is 22.1. The van der Waals surface area contributed by atoms with E-state index in [-0.39, 0.29) is 24.0 Å². The largest absolute Gasteiger partial charge is 1.00 e. The number of amides is 2. The smallest absolute Gasteiger partial charge is 0.319 e. The Kier molecular flexibility index (Phi) is 11.2. The molecule has 0 bridgehead atoms. The highest BCUT2D eigenvalue weighted by molar-refractivity contribution is 6.30. The van der Waals surface area contributed by atoms with Gasteiger partial charge >= 0.3 is 6.03 Å². The molecular weight excluding hydrogens is 545 g/mol. The van der Waals surface area contributed by atoms with E-state index in [2.05, 4.69) is 49.4 Å². The summed E-state index contributed by atoms with van der Waals surface area (Å²) >= 11 is 6.06. The summed E-state index contributed by atoms with van der Waals surface area (Å²) in [6.45, 7) is 6.84. The Morgan fingerprint density at radius 2 is 1.48 bits per heavy atom. The van der Waals surface area contributed by atoms with Crippen molar-refractivity contribution in [3.05, 3.63) is 101 Å². The third kappa shape index (κ3) is 8.32. The van der Waals surface area contributed by atoms with Gasteiger partial charge in [-0.3, -0.25) is 4.90 Å². The second kappa shape index (κ2) is 13.6. The third-order valence-corrected chi connectivity index (χ3v) is 6.42. The number of primary amides is 1. The van der Waals surface area contributed by atoms with Crippen LogP contribution in [0.15, 0.2) is 84.9 Å². The highest BCUT2D eigenvalue weighted by Crippen LogP contribution is 2.20. The molecule has 0 heterocycles. The maximum absolute atomic E-state index is 12.1. The lowest BCUT2D eigenvalue weighted by Gasteiger charge is -2.39. The molecule has 4 nitrogen and oxygen atoms in total. The summed E-state index contributed by atoms with van der Waals surface area (Å²) < 4.78 is 0.952. The van der Waals surface area contributed by atoms with E-state index in [1.807, 2.05) is 42.5 Å². The predicted molar refractivity (Wildman–Crippen MR) is 134 cm³/mol. The highest BCUT2D eigenvalue weighted by atomic mass is 127. The lowest BCUT2D eigenvalue weighted by Crippen LogP contribution is -3.00. The van der Waals surface area contributed by atoms with E-state index in [0.29, 0.717) is 6.54 Å². The number of anilines is 1. The molecule has 6 heteroatoms. The summed E-state index contributed by atoms with van der Waals surface area (Å²) in [6.07, 6.45) is 1.86. The number of likely N-dealkylation sites (N-methyl/N-ethyl adjacent to an activating group) is 1. The molecular formula is C27H33ClIN3O. The van der Waals surface area contributed by atoms with Gasteiger partial charge in [0.1, 0.15) is 6.54 Å². The summed E-state index contributed by atoms with van der Waals surface area (Å²) in [7, 11) is 0. The van der Waals surface area contributed by atoms with Gasteiger partial charge in [-0.2, -0.15) is 0 Å². The van der Waals surface area contributed by atoms with Crippen LogP contribution in [0.5, 0.6) is 0 Å². The fraction of sp³-hybridized carbons (Fsp3) is 0.296. The van der Waals surface area contributed by atoms with Crippen LogP contribution >= 0.6 is 11.6 Å². The monoisotopic (exact) mass is 577 g/mol. The van der Waals surface area contributed by atoms with Crippen LogP contribution in [-0.2, 0) is 13.0 Å². The van der Waals surface area contributed by atoms with Crippen LogP contribution in [0, 0.1) is 0 Å². The Morgan fingerprint density at radius 1 is 0.879 bits per heavy atom. The average Bonchev–Trinajstić information content (AvgIpc) is 2.82. The van der Waals surface area contributed by atoms with E-state index in [9.17, 15) is 4.79 Å². The van der Waals surface area contributed by atoms with Gasteiger partial charge in [0.2, 0.25) is 0 Å². The number of urea groups is 1. The first kappa shape index (κ1) is 27.2. The number of nitrogens with zero attached hydrogens (tertiary/aromatic N) is 2. The van der Waals surface area contributed by atoms with Gasteiger partial charge in [-0.25, -0.2) is 4.79 Å². The van der Waals surface area contributed by atoms with Crippen molar-refractivity contribution in [2.45, 2.75) is 26.3 Å². The Morgan fingerprint density at radius 3 is 2.06 bits per heavy atom. The van der Waals surface area contributed by atoms with Crippen molar-refractivity contribution in [1.29, 1.82) is 0 Å². The number of quaternary nitrogens is 1. The van der Waals surface area contributed by atoms with E-state index >= 15 is 0 Å². The number of benzene rings is 3. The standard InChI is InChI=1S/C27H32ClN3O.HI/c1-2-31(22-24-10-5-3-6-11-24,21-18-23-14-16-25(28)17-15-23)20-9-19-30(27(29)32)26-12-7-4-8-13-26;/h3-8,10-17H,2,9,18-22H2,1H3,(H-,29,32);1H. The van der Waals surface area contributed by atoms with Gasteiger partial charge in [0, 0.05) is 35.7 Å². The molecule has 0 aliphatic rings. The van der Waals surface area contributed by atoms with Crippen molar-refractivity contribution < 1.29 is 33.3 Å². The third-order valence-electron chi connectivity index (χ3n) is 6.17. The van der Waals surface area contributed by atoms with Crippen LogP contribution < -0.4 is 34.6 Å². The summed E-state index contributed by atoms with van der Waals surface area (Å²) in [4.78, 5) is 13.8. The molecule has 0 aromatic heterocycles. The first-order valence-corrected chi connectivity index (χ1v) is 11.6. The molecule has 0 fully saturated rings. The first-order valence-electron chi connectivity index (χ1n) is 11.3. The maximum Gasteiger partial charge on any atom is 0.319 e. The van der Waals surface area contributed by atoms with Gasteiger partial charge in [-0.05, 0) is 36.8 Å². The lowest BCUT2D eigenvalue weighted by atomic mass is 10.1. The number of para-hydroxylation sites is 1. The summed E-state index contributed by atoms with van der Waals surface area (Å²) in [5, 5.41) is 0.765. The molecule has 0 spiro atoms. The van der Waals surface area contributed by atoms with Crippen LogP contribution in [0.25, 0.3) is 0 Å². The zero-order valence-electron chi connectivity index (χ0n) is 19.2. The zero-order chi connectivity index (χ0) is 22.8. The number of carbonyl (C=O) groups is 1. The van der Waals surface area contributed by atoms with Crippen molar-refractivity contribution in [1.82, 2.24) is 0 Å². The molecule has 2 N–H and O–H groups in total. The minimum absolute atomic E-state index is 0. The molecule has 1 atom stereocenters. The second-order valence-electron chi connectivity index (χ2n) is 8.30. The van der Waals surface area contributed by atoms with Crippen LogP contribution in [0.1, 0.15) is 24.5 Å². The Hall–Kier alpha value is -2.09. The summed E-state index contributed by atoms with van der Waals surface area (Å²) in [5.74, 6) is 0. The molecule has 2 amide bonds. The van der Waals surface area contributed by atoms with Crippen molar-refractivity contribution in [3.8, 4) is 0 Å². The quantitative estimate of drug-likeness (QED) is 0.277. The van der Waals surface area contributed by atoms with Crippen molar-refractivity contribution in [2.24, 2.45) is 5.73 Å². The van der Waals surface area contributed by atoms with E-state index in [1.54, 1.807) is 4.90 Å². The average molecular weight is 578 g/mol. The topological polar surface area (TPSA) is 46.3 Å². The fourth-order valence-corrected chi connectivity index (χ4v) is 4.35. The number of nitrogens with two attached hydrogens (primary N) is 1. The van der Waals surface area contributed by atoms with Crippen molar-refractivity contribution >= 4 is 23.3 Å². The highest BCUT2D eigenvalue weighted by Gasteiger charge is 2.26. The van der Waals surface area contributed by atoms with E-state index in [0.717, 1.165) is 54.2 Å². The molecule has 0 saturated carbocycles. The van der Waals surface area contributed by atoms with E-state index in [1.165, 1.54) is 11.1 Å². The maximum atomic E-state index is 12.1. The SMILES string of the molecule is CC[N+](CCCN(C(N)=O)c1ccccc1)(CCc1ccc(Cl)cc1)Cc1ccccc1.[I-]. The molecule has 1 unspecified atom stereocenters. The molecule has 176 valence electrons. The fourth-order valence-electron chi connectivity index (χ4n) is 4.22. The Labute approximate surface area is 220 Å². The van der Waals surface area contributed by atoms with Crippen molar-refractivity contribution in [2.75, 3.05) is 31.1 Å².